The lowest BCUT2D eigenvalue weighted by Gasteiger charge is -2.30. The average Bonchev–Trinajstić information content (AvgIpc) is 2.28. The van der Waals surface area contributed by atoms with Crippen molar-refractivity contribution in [1.29, 1.82) is 0 Å². The minimum atomic E-state index is 0.477. The van der Waals surface area contributed by atoms with Gasteiger partial charge in [-0.1, -0.05) is 41.9 Å². The number of halogens is 1. The first-order valence-electron chi connectivity index (χ1n) is 6.19. The topological polar surface area (TPSA) is 29.3 Å². The Morgan fingerprint density at radius 3 is 2.29 bits per heavy atom. The molecule has 3 heteroatoms. The van der Waals surface area contributed by atoms with Crippen molar-refractivity contribution in [1.82, 2.24) is 4.90 Å². The number of likely N-dealkylation sites (N-methyl/N-ethyl adjacent to an activating group) is 1. The van der Waals surface area contributed by atoms with Gasteiger partial charge in [0, 0.05) is 23.6 Å². The predicted octanol–water partition coefficient (Wildman–Crippen LogP) is 2.91. The van der Waals surface area contributed by atoms with Crippen LogP contribution in [-0.2, 0) is 6.42 Å². The second-order valence-electron chi connectivity index (χ2n) is 4.90. The van der Waals surface area contributed by atoms with Gasteiger partial charge in [0.1, 0.15) is 0 Å². The Kier molecular flexibility index (Phi) is 6.17. The Hall–Kier alpha value is -0.380. The van der Waals surface area contributed by atoms with Crippen molar-refractivity contribution in [3.8, 4) is 0 Å². The van der Waals surface area contributed by atoms with Gasteiger partial charge in [-0.25, -0.2) is 0 Å². The van der Waals surface area contributed by atoms with Crippen LogP contribution < -0.4 is 5.73 Å². The van der Waals surface area contributed by atoms with Crippen molar-refractivity contribution in [3.63, 3.8) is 0 Å². The molecule has 1 aromatic carbocycles. The second-order valence-corrected chi connectivity index (χ2v) is 5.82. The minimum Gasteiger partial charge on any atom is -0.329 e. The fraction of sp³-hybridized carbons (Fsp3) is 0.571. The maximum Gasteiger partial charge on any atom is 0.0238 e. The number of rotatable bonds is 6. The summed E-state index contributed by atoms with van der Waals surface area (Å²) in [6.45, 7) is 6.25. The molecule has 0 heterocycles. The third-order valence-electron chi connectivity index (χ3n) is 3.24. The summed E-state index contributed by atoms with van der Waals surface area (Å²) in [6, 6.07) is 9.01. The van der Waals surface area contributed by atoms with Crippen molar-refractivity contribution >= 4 is 15.9 Å². The van der Waals surface area contributed by atoms with Crippen LogP contribution in [0.3, 0.4) is 0 Å². The molecule has 0 fully saturated rings. The van der Waals surface area contributed by atoms with Gasteiger partial charge in [0.05, 0.1) is 0 Å². The quantitative estimate of drug-likeness (QED) is 0.875. The standard InChI is InChI=1S/C14H23BrN2/c1-11(2)14(10-16)17(3)9-8-12-4-6-13(15)7-5-12/h4-7,11,14H,8-10,16H2,1-3H3. The molecule has 0 saturated carbocycles. The molecule has 0 aliphatic heterocycles. The fourth-order valence-corrected chi connectivity index (χ4v) is 2.35. The van der Waals surface area contributed by atoms with E-state index in [4.69, 9.17) is 5.73 Å². The summed E-state index contributed by atoms with van der Waals surface area (Å²) >= 11 is 3.45. The number of hydrogen-bond acceptors (Lipinski definition) is 2. The summed E-state index contributed by atoms with van der Waals surface area (Å²) in [5.74, 6) is 0.606. The predicted molar refractivity (Wildman–Crippen MR) is 78.2 cm³/mol. The summed E-state index contributed by atoms with van der Waals surface area (Å²) in [6.07, 6.45) is 1.08. The van der Waals surface area contributed by atoms with Gasteiger partial charge in [-0.3, -0.25) is 0 Å². The molecule has 96 valence electrons. The number of nitrogens with zero attached hydrogens (tertiary/aromatic N) is 1. The van der Waals surface area contributed by atoms with Gasteiger partial charge in [0.15, 0.2) is 0 Å². The van der Waals surface area contributed by atoms with E-state index in [1.54, 1.807) is 0 Å². The first-order valence-corrected chi connectivity index (χ1v) is 6.98. The van der Waals surface area contributed by atoms with Crippen LogP contribution in [0.4, 0.5) is 0 Å². The van der Waals surface area contributed by atoms with Crippen molar-refractivity contribution in [2.24, 2.45) is 11.7 Å². The van der Waals surface area contributed by atoms with Gasteiger partial charge in [0.25, 0.3) is 0 Å². The minimum absolute atomic E-state index is 0.477. The molecule has 1 aromatic rings. The van der Waals surface area contributed by atoms with Gasteiger partial charge < -0.3 is 10.6 Å². The molecule has 0 amide bonds. The Balaban J connectivity index is 2.47. The van der Waals surface area contributed by atoms with E-state index in [-0.39, 0.29) is 0 Å². The van der Waals surface area contributed by atoms with E-state index in [1.165, 1.54) is 5.56 Å². The molecular weight excluding hydrogens is 276 g/mol. The Bertz CT molecular complexity index is 321. The Morgan fingerprint density at radius 1 is 1.24 bits per heavy atom. The molecular formula is C14H23BrN2. The lowest BCUT2D eigenvalue weighted by molar-refractivity contribution is 0.200. The van der Waals surface area contributed by atoms with E-state index in [0.29, 0.717) is 12.0 Å². The average molecular weight is 299 g/mol. The molecule has 0 aliphatic carbocycles. The molecule has 1 unspecified atom stereocenters. The van der Waals surface area contributed by atoms with Crippen LogP contribution in [-0.4, -0.2) is 31.1 Å². The first-order chi connectivity index (χ1) is 8.04. The summed E-state index contributed by atoms with van der Waals surface area (Å²) in [7, 11) is 2.16. The molecule has 0 bridgehead atoms. The molecule has 1 atom stereocenters. The van der Waals surface area contributed by atoms with E-state index in [1.807, 2.05) is 0 Å². The molecule has 0 aromatic heterocycles. The highest BCUT2D eigenvalue weighted by atomic mass is 79.9. The molecule has 17 heavy (non-hydrogen) atoms. The fourth-order valence-electron chi connectivity index (χ4n) is 2.08. The van der Waals surface area contributed by atoms with Gasteiger partial charge in [-0.2, -0.15) is 0 Å². The van der Waals surface area contributed by atoms with Crippen LogP contribution in [0.15, 0.2) is 28.7 Å². The van der Waals surface area contributed by atoms with Gasteiger partial charge in [0.2, 0.25) is 0 Å². The number of hydrogen-bond donors (Lipinski definition) is 1. The molecule has 1 rings (SSSR count). The summed E-state index contributed by atoms with van der Waals surface area (Å²) < 4.78 is 1.14. The third-order valence-corrected chi connectivity index (χ3v) is 3.77. The zero-order valence-electron chi connectivity index (χ0n) is 11.0. The van der Waals surface area contributed by atoms with Crippen LogP contribution in [0.2, 0.25) is 0 Å². The van der Waals surface area contributed by atoms with Crippen molar-refractivity contribution in [2.45, 2.75) is 26.3 Å². The van der Waals surface area contributed by atoms with Gasteiger partial charge >= 0.3 is 0 Å². The number of benzene rings is 1. The van der Waals surface area contributed by atoms with Crippen LogP contribution in [0.1, 0.15) is 19.4 Å². The Morgan fingerprint density at radius 2 is 1.82 bits per heavy atom. The zero-order chi connectivity index (χ0) is 12.8. The van der Waals surface area contributed by atoms with Crippen LogP contribution >= 0.6 is 15.9 Å². The summed E-state index contributed by atoms with van der Waals surface area (Å²) in [4.78, 5) is 2.37. The highest BCUT2D eigenvalue weighted by molar-refractivity contribution is 9.10. The zero-order valence-corrected chi connectivity index (χ0v) is 12.6. The molecule has 2 nitrogen and oxygen atoms in total. The van der Waals surface area contributed by atoms with Crippen LogP contribution in [0, 0.1) is 5.92 Å². The maximum atomic E-state index is 5.82. The lowest BCUT2D eigenvalue weighted by atomic mass is 10.0. The van der Waals surface area contributed by atoms with E-state index in [9.17, 15) is 0 Å². The molecule has 0 radical (unpaired) electrons. The molecule has 2 N–H and O–H groups in total. The third kappa shape index (κ3) is 4.78. The monoisotopic (exact) mass is 298 g/mol. The molecule has 0 aliphatic rings. The smallest absolute Gasteiger partial charge is 0.0238 e. The SMILES string of the molecule is CC(C)C(CN)N(C)CCc1ccc(Br)cc1. The van der Waals surface area contributed by atoms with Crippen LogP contribution in [0.5, 0.6) is 0 Å². The first kappa shape index (κ1) is 14.7. The van der Waals surface area contributed by atoms with Gasteiger partial charge in [-0.15, -0.1) is 0 Å². The van der Waals surface area contributed by atoms with Crippen molar-refractivity contribution < 1.29 is 0 Å². The van der Waals surface area contributed by atoms with E-state index < -0.39 is 0 Å². The van der Waals surface area contributed by atoms with Crippen molar-refractivity contribution in [2.75, 3.05) is 20.1 Å². The van der Waals surface area contributed by atoms with Crippen molar-refractivity contribution in [3.05, 3.63) is 34.3 Å². The lowest BCUT2D eigenvalue weighted by Crippen LogP contribution is -2.42. The normalized spacial score (nSPS) is 13.4. The Labute approximate surface area is 113 Å². The largest absolute Gasteiger partial charge is 0.329 e. The number of nitrogens with two attached hydrogens (primary N) is 1. The summed E-state index contributed by atoms with van der Waals surface area (Å²) in [5, 5.41) is 0. The molecule has 0 saturated heterocycles. The van der Waals surface area contributed by atoms with E-state index in [0.717, 1.165) is 24.0 Å². The van der Waals surface area contributed by atoms with E-state index in [2.05, 4.69) is 66.0 Å². The highest BCUT2D eigenvalue weighted by Gasteiger charge is 2.16. The maximum absolute atomic E-state index is 5.82. The van der Waals surface area contributed by atoms with Crippen LogP contribution in [0.25, 0.3) is 0 Å². The van der Waals surface area contributed by atoms with Gasteiger partial charge in [-0.05, 0) is 37.1 Å². The molecule has 0 spiro atoms. The van der Waals surface area contributed by atoms with E-state index >= 15 is 0 Å². The summed E-state index contributed by atoms with van der Waals surface area (Å²) in [5.41, 5.74) is 7.19. The highest BCUT2D eigenvalue weighted by Crippen LogP contribution is 2.12. The second kappa shape index (κ2) is 7.14.